The van der Waals surface area contributed by atoms with E-state index >= 15 is 0 Å². The van der Waals surface area contributed by atoms with E-state index in [9.17, 15) is 0 Å². The lowest BCUT2D eigenvalue weighted by atomic mass is 9.80. The predicted molar refractivity (Wildman–Crippen MR) is 51.8 cm³/mol. The maximum atomic E-state index is 3.52. The molecule has 0 saturated heterocycles. The Kier molecular flexibility index (Phi) is 4.74. The first kappa shape index (κ1) is 11.0. The second kappa shape index (κ2) is 4.76. The third kappa shape index (κ3) is 3.24. The van der Waals surface area contributed by atoms with Gasteiger partial charge in [-0.3, -0.25) is 0 Å². The summed E-state index contributed by atoms with van der Waals surface area (Å²) in [4.78, 5) is 0. The van der Waals surface area contributed by atoms with E-state index in [1.165, 1.54) is 12.8 Å². The van der Waals surface area contributed by atoms with Crippen molar-refractivity contribution in [3.05, 3.63) is 0 Å². The van der Waals surface area contributed by atoms with E-state index in [1.54, 1.807) is 0 Å². The Hall–Kier alpha value is -0.0400. The summed E-state index contributed by atoms with van der Waals surface area (Å²) in [5.74, 6) is 0. The van der Waals surface area contributed by atoms with E-state index in [2.05, 4.69) is 39.9 Å². The van der Waals surface area contributed by atoms with Crippen LogP contribution in [0, 0.1) is 5.41 Å². The summed E-state index contributed by atoms with van der Waals surface area (Å²) in [7, 11) is 0. The summed E-state index contributed by atoms with van der Waals surface area (Å²) in [6.45, 7) is 12.5. The predicted octanol–water partition coefficient (Wildman–Crippen LogP) is 2.81. The molecule has 0 heterocycles. The lowest BCUT2D eigenvalue weighted by molar-refractivity contribution is 0.228. The first-order valence-electron chi connectivity index (χ1n) is 4.81. The zero-order valence-corrected chi connectivity index (χ0v) is 8.70. The van der Waals surface area contributed by atoms with Gasteiger partial charge in [-0.25, -0.2) is 0 Å². The molecule has 0 aliphatic carbocycles. The molecule has 1 heteroatoms. The zero-order chi connectivity index (χ0) is 8.91. The van der Waals surface area contributed by atoms with E-state index < -0.39 is 0 Å². The first-order valence-corrected chi connectivity index (χ1v) is 4.81. The second-order valence-corrected chi connectivity index (χ2v) is 3.86. The molecule has 0 aromatic rings. The van der Waals surface area contributed by atoms with Gasteiger partial charge in [0.1, 0.15) is 0 Å². The summed E-state index contributed by atoms with van der Waals surface area (Å²) in [5, 5.41) is 3.52. The van der Waals surface area contributed by atoms with Crippen molar-refractivity contribution in [2.24, 2.45) is 5.41 Å². The Morgan fingerprint density at radius 3 is 2.00 bits per heavy atom. The lowest BCUT2D eigenvalue weighted by Gasteiger charge is -2.33. The van der Waals surface area contributed by atoms with Crippen LogP contribution in [0.2, 0.25) is 0 Å². The molecule has 1 N–H and O–H groups in total. The molecule has 0 fully saturated rings. The van der Waals surface area contributed by atoms with Gasteiger partial charge in [0.2, 0.25) is 0 Å². The number of nitrogens with one attached hydrogen (secondary N) is 1. The van der Waals surface area contributed by atoms with Crippen LogP contribution < -0.4 is 5.32 Å². The molecule has 0 aromatic carbocycles. The van der Waals surface area contributed by atoms with Crippen LogP contribution in [0.4, 0.5) is 0 Å². The molecular formula is C10H23N. The maximum Gasteiger partial charge on any atom is 0.0115 e. The lowest BCUT2D eigenvalue weighted by Crippen LogP contribution is -2.40. The van der Waals surface area contributed by atoms with Gasteiger partial charge >= 0.3 is 0 Å². The van der Waals surface area contributed by atoms with Crippen LogP contribution in [0.15, 0.2) is 0 Å². The quantitative estimate of drug-likeness (QED) is 0.647. The smallest absolute Gasteiger partial charge is 0.0115 e. The van der Waals surface area contributed by atoms with E-state index in [1.807, 2.05) is 0 Å². The fourth-order valence-electron chi connectivity index (χ4n) is 1.47. The minimum atomic E-state index is 0.449. The fraction of sp³-hybridized carbons (Fsp3) is 1.00. The van der Waals surface area contributed by atoms with E-state index in [0.29, 0.717) is 11.5 Å². The maximum absolute atomic E-state index is 3.52. The Bertz CT molecular complexity index is 97.0. The van der Waals surface area contributed by atoms with Gasteiger partial charge in [-0.05, 0) is 24.8 Å². The number of hydrogen-bond donors (Lipinski definition) is 1. The highest BCUT2D eigenvalue weighted by Crippen LogP contribution is 2.26. The number of rotatable bonds is 5. The normalized spacial score (nSPS) is 15.0. The molecule has 1 nitrogen and oxygen atoms in total. The van der Waals surface area contributed by atoms with Crippen molar-refractivity contribution in [2.75, 3.05) is 6.54 Å². The molecule has 0 amide bonds. The van der Waals surface area contributed by atoms with Gasteiger partial charge in [0.15, 0.2) is 0 Å². The molecule has 0 spiro atoms. The molecule has 68 valence electrons. The van der Waals surface area contributed by atoms with Crippen LogP contribution in [0.5, 0.6) is 0 Å². The Balaban J connectivity index is 3.99. The molecule has 1 atom stereocenters. The average molecular weight is 157 g/mol. The molecule has 11 heavy (non-hydrogen) atoms. The van der Waals surface area contributed by atoms with Crippen molar-refractivity contribution in [3.63, 3.8) is 0 Å². The third-order valence-corrected chi connectivity index (χ3v) is 2.71. The Labute approximate surface area is 71.6 Å². The monoisotopic (exact) mass is 157 g/mol. The van der Waals surface area contributed by atoms with Crippen LogP contribution in [-0.4, -0.2) is 12.6 Å². The van der Waals surface area contributed by atoms with Gasteiger partial charge < -0.3 is 5.32 Å². The first-order chi connectivity index (χ1) is 5.08. The zero-order valence-electron chi connectivity index (χ0n) is 8.70. The molecule has 0 rings (SSSR count). The van der Waals surface area contributed by atoms with E-state index in [0.717, 1.165) is 6.54 Å². The molecule has 1 unspecified atom stereocenters. The van der Waals surface area contributed by atoms with Crippen molar-refractivity contribution < 1.29 is 0 Å². The van der Waals surface area contributed by atoms with Gasteiger partial charge in [0, 0.05) is 6.04 Å². The van der Waals surface area contributed by atoms with E-state index in [4.69, 9.17) is 0 Å². The highest BCUT2D eigenvalue weighted by Gasteiger charge is 2.24. The van der Waals surface area contributed by atoms with Gasteiger partial charge in [-0.2, -0.15) is 0 Å². The Morgan fingerprint density at radius 1 is 1.18 bits per heavy atom. The van der Waals surface area contributed by atoms with Gasteiger partial charge in [-0.15, -0.1) is 0 Å². The van der Waals surface area contributed by atoms with Gasteiger partial charge in [0.05, 0.1) is 0 Å². The average Bonchev–Trinajstić information content (AvgIpc) is 2.00. The van der Waals surface area contributed by atoms with Crippen molar-refractivity contribution >= 4 is 0 Å². The molecule has 0 saturated carbocycles. The summed E-state index contributed by atoms with van der Waals surface area (Å²) in [6, 6.07) is 0.678. The molecule has 0 radical (unpaired) electrons. The Morgan fingerprint density at radius 2 is 1.73 bits per heavy atom. The topological polar surface area (TPSA) is 12.0 Å². The van der Waals surface area contributed by atoms with Gasteiger partial charge in [0.25, 0.3) is 0 Å². The summed E-state index contributed by atoms with van der Waals surface area (Å²) in [6.07, 6.45) is 2.48. The van der Waals surface area contributed by atoms with Crippen LogP contribution in [0.1, 0.15) is 47.5 Å². The van der Waals surface area contributed by atoms with Crippen LogP contribution in [0.3, 0.4) is 0 Å². The molecular weight excluding hydrogens is 134 g/mol. The fourth-order valence-corrected chi connectivity index (χ4v) is 1.47. The van der Waals surface area contributed by atoms with Gasteiger partial charge in [-0.1, -0.05) is 34.6 Å². The number of hydrogen-bond acceptors (Lipinski definition) is 1. The minimum absolute atomic E-state index is 0.449. The van der Waals surface area contributed by atoms with E-state index in [-0.39, 0.29) is 0 Å². The van der Waals surface area contributed by atoms with Crippen molar-refractivity contribution in [1.29, 1.82) is 0 Å². The summed E-state index contributed by atoms with van der Waals surface area (Å²) < 4.78 is 0. The standard InChI is InChI=1S/C10H23N/c1-6-9(11-8-3)10(4,5)7-2/h9,11H,6-8H2,1-5H3. The van der Waals surface area contributed by atoms with Crippen molar-refractivity contribution in [1.82, 2.24) is 5.32 Å². The largest absolute Gasteiger partial charge is 0.314 e. The van der Waals surface area contributed by atoms with Crippen molar-refractivity contribution in [2.45, 2.75) is 53.5 Å². The molecule has 0 aromatic heterocycles. The SMILES string of the molecule is CCNC(CC)C(C)(C)CC. The highest BCUT2D eigenvalue weighted by molar-refractivity contribution is 4.81. The molecule has 0 aliphatic heterocycles. The second-order valence-electron chi connectivity index (χ2n) is 3.86. The summed E-state index contributed by atoms with van der Waals surface area (Å²) in [5.41, 5.74) is 0.449. The van der Waals surface area contributed by atoms with Crippen LogP contribution >= 0.6 is 0 Å². The van der Waals surface area contributed by atoms with Crippen molar-refractivity contribution in [3.8, 4) is 0 Å². The summed E-state index contributed by atoms with van der Waals surface area (Å²) >= 11 is 0. The molecule has 0 aliphatic rings. The van der Waals surface area contributed by atoms with Crippen LogP contribution in [-0.2, 0) is 0 Å². The highest BCUT2D eigenvalue weighted by atomic mass is 14.9. The molecule has 0 bridgehead atoms. The van der Waals surface area contributed by atoms with Crippen LogP contribution in [0.25, 0.3) is 0 Å². The minimum Gasteiger partial charge on any atom is -0.314 e. The third-order valence-electron chi connectivity index (χ3n) is 2.71.